The first-order valence-electron chi connectivity index (χ1n) is 7.63. The summed E-state index contributed by atoms with van der Waals surface area (Å²) >= 11 is 0. The highest BCUT2D eigenvalue weighted by atomic mass is 32.2. The van der Waals surface area contributed by atoms with Crippen LogP contribution in [0, 0.1) is 0 Å². The van der Waals surface area contributed by atoms with Gasteiger partial charge in [0, 0.05) is 5.69 Å². The lowest BCUT2D eigenvalue weighted by Gasteiger charge is -2.17. The summed E-state index contributed by atoms with van der Waals surface area (Å²) in [5.74, 6) is -3.53. The Hall–Kier alpha value is -2.26. The number of sulfone groups is 1. The fourth-order valence-electron chi connectivity index (χ4n) is 2.65. The van der Waals surface area contributed by atoms with Crippen LogP contribution in [0.3, 0.4) is 0 Å². The van der Waals surface area contributed by atoms with Crippen LogP contribution in [-0.4, -0.2) is 22.6 Å². The van der Waals surface area contributed by atoms with Gasteiger partial charge in [-0.2, -0.15) is 8.78 Å². The molecule has 0 radical (unpaired) electrons. The minimum atomic E-state index is -4.71. The van der Waals surface area contributed by atoms with Gasteiger partial charge in [0.1, 0.15) is 0 Å². The standard InChI is InChI=1S/C17H15F2NO4S2/c18-17(19)25(21,22)15-9-6-14(7-10-15)20-26(23,24)16-8-5-12-3-1-2-4-13(12)11-16/h1-4,6-7,9-11,17,20H,5,8H2. The topological polar surface area (TPSA) is 80.3 Å². The second kappa shape index (κ2) is 6.81. The van der Waals surface area contributed by atoms with Crippen molar-refractivity contribution in [1.82, 2.24) is 0 Å². The van der Waals surface area contributed by atoms with Crippen LogP contribution in [0.5, 0.6) is 0 Å². The van der Waals surface area contributed by atoms with E-state index in [1.807, 2.05) is 24.3 Å². The highest BCUT2D eigenvalue weighted by molar-refractivity contribution is 7.96. The molecule has 0 aliphatic heterocycles. The summed E-state index contributed by atoms with van der Waals surface area (Å²) in [6.45, 7) is 0. The molecule has 9 heteroatoms. The van der Waals surface area contributed by atoms with E-state index in [4.69, 9.17) is 0 Å². The molecule has 3 rings (SSSR count). The molecule has 0 aromatic heterocycles. The number of alkyl halides is 2. The molecule has 0 unspecified atom stereocenters. The van der Waals surface area contributed by atoms with E-state index in [0.29, 0.717) is 12.8 Å². The van der Waals surface area contributed by atoms with Crippen molar-refractivity contribution < 1.29 is 25.6 Å². The average Bonchev–Trinajstić information content (AvgIpc) is 2.61. The number of fused-ring (bicyclic) bond motifs is 1. The molecule has 0 spiro atoms. The Balaban J connectivity index is 1.84. The third-order valence-corrected chi connectivity index (χ3v) is 6.94. The van der Waals surface area contributed by atoms with Gasteiger partial charge in [-0.05, 0) is 54.3 Å². The zero-order chi connectivity index (χ0) is 18.9. The average molecular weight is 399 g/mol. The lowest BCUT2D eigenvalue weighted by atomic mass is 9.98. The number of halogens is 2. The van der Waals surface area contributed by atoms with Gasteiger partial charge in [-0.3, -0.25) is 4.72 Å². The molecule has 0 fully saturated rings. The number of rotatable bonds is 5. The first-order valence-corrected chi connectivity index (χ1v) is 10.7. The predicted molar refractivity (Wildman–Crippen MR) is 94.9 cm³/mol. The van der Waals surface area contributed by atoms with Crippen molar-refractivity contribution in [3.63, 3.8) is 0 Å². The number of sulfonamides is 1. The Morgan fingerprint density at radius 1 is 0.885 bits per heavy atom. The summed E-state index contributed by atoms with van der Waals surface area (Å²) in [5, 5.41) is 0. The Kier molecular flexibility index (Phi) is 4.85. The van der Waals surface area contributed by atoms with Gasteiger partial charge < -0.3 is 0 Å². The van der Waals surface area contributed by atoms with Gasteiger partial charge in [-0.1, -0.05) is 24.3 Å². The summed E-state index contributed by atoms with van der Waals surface area (Å²) in [6, 6.07) is 11.7. The molecule has 26 heavy (non-hydrogen) atoms. The summed E-state index contributed by atoms with van der Waals surface area (Å²) in [4.78, 5) is -0.360. The monoisotopic (exact) mass is 399 g/mol. The molecule has 1 N–H and O–H groups in total. The van der Waals surface area contributed by atoms with Crippen LogP contribution in [0.4, 0.5) is 14.5 Å². The van der Waals surface area contributed by atoms with E-state index in [0.717, 1.165) is 35.4 Å². The Morgan fingerprint density at radius 2 is 1.54 bits per heavy atom. The number of aryl methyl sites for hydroxylation is 1. The Bertz CT molecular complexity index is 1060. The summed E-state index contributed by atoms with van der Waals surface area (Å²) in [5.41, 5.74) is 1.99. The van der Waals surface area contributed by atoms with Gasteiger partial charge in [-0.25, -0.2) is 16.8 Å². The normalized spacial score (nSPS) is 14.7. The third-order valence-electron chi connectivity index (χ3n) is 4.03. The van der Waals surface area contributed by atoms with Crippen molar-refractivity contribution >= 4 is 31.6 Å². The van der Waals surface area contributed by atoms with E-state index in [9.17, 15) is 25.6 Å². The molecule has 0 heterocycles. The van der Waals surface area contributed by atoms with Crippen molar-refractivity contribution in [3.05, 3.63) is 64.6 Å². The van der Waals surface area contributed by atoms with Gasteiger partial charge in [-0.15, -0.1) is 0 Å². The van der Waals surface area contributed by atoms with Crippen molar-refractivity contribution in [1.29, 1.82) is 0 Å². The first kappa shape index (κ1) is 18.5. The van der Waals surface area contributed by atoms with Gasteiger partial charge in [0.05, 0.1) is 9.80 Å². The molecular formula is C17H15F2NO4S2. The zero-order valence-corrected chi connectivity index (χ0v) is 15.0. The largest absolute Gasteiger partial charge is 0.341 e. The maximum atomic E-state index is 12.5. The third kappa shape index (κ3) is 3.63. The molecule has 2 aromatic carbocycles. The van der Waals surface area contributed by atoms with Crippen LogP contribution in [0.1, 0.15) is 17.5 Å². The van der Waals surface area contributed by atoms with Crippen LogP contribution >= 0.6 is 0 Å². The Labute approximate surface area is 150 Å². The van der Waals surface area contributed by atoms with E-state index in [1.54, 1.807) is 6.08 Å². The van der Waals surface area contributed by atoms with E-state index in [-0.39, 0.29) is 10.6 Å². The molecule has 0 saturated heterocycles. The van der Waals surface area contributed by atoms with Crippen LogP contribution in [0.25, 0.3) is 6.08 Å². The van der Waals surface area contributed by atoms with Crippen molar-refractivity contribution in [2.75, 3.05) is 4.72 Å². The Morgan fingerprint density at radius 3 is 2.19 bits per heavy atom. The highest BCUT2D eigenvalue weighted by Gasteiger charge is 2.27. The molecule has 5 nitrogen and oxygen atoms in total. The molecule has 1 aliphatic rings. The lowest BCUT2D eigenvalue weighted by Crippen LogP contribution is -2.17. The minimum Gasteiger partial charge on any atom is -0.280 e. The molecule has 0 saturated carbocycles. The smallest absolute Gasteiger partial charge is 0.280 e. The van der Waals surface area contributed by atoms with Crippen LogP contribution < -0.4 is 4.72 Å². The molecule has 2 aromatic rings. The van der Waals surface area contributed by atoms with Crippen molar-refractivity contribution in [2.45, 2.75) is 23.5 Å². The number of nitrogens with one attached hydrogen (secondary N) is 1. The van der Waals surface area contributed by atoms with Gasteiger partial charge in [0.15, 0.2) is 0 Å². The zero-order valence-electron chi connectivity index (χ0n) is 13.4. The van der Waals surface area contributed by atoms with Crippen LogP contribution in [-0.2, 0) is 26.3 Å². The van der Waals surface area contributed by atoms with E-state index >= 15 is 0 Å². The first-order chi connectivity index (χ1) is 12.2. The van der Waals surface area contributed by atoms with E-state index in [1.165, 1.54) is 0 Å². The second-order valence-electron chi connectivity index (χ2n) is 5.75. The van der Waals surface area contributed by atoms with Gasteiger partial charge in [0.25, 0.3) is 10.0 Å². The van der Waals surface area contributed by atoms with E-state index in [2.05, 4.69) is 4.72 Å². The molecule has 0 atom stereocenters. The summed E-state index contributed by atoms with van der Waals surface area (Å²) in [6.07, 6.45) is 2.52. The van der Waals surface area contributed by atoms with Crippen LogP contribution in [0.2, 0.25) is 0 Å². The molecule has 1 aliphatic carbocycles. The van der Waals surface area contributed by atoms with Crippen molar-refractivity contribution in [3.8, 4) is 0 Å². The van der Waals surface area contributed by atoms with Gasteiger partial charge >= 0.3 is 5.76 Å². The molecule has 0 amide bonds. The number of benzene rings is 2. The predicted octanol–water partition coefficient (Wildman–Crippen LogP) is 3.41. The SMILES string of the molecule is O=S(=O)(Nc1ccc(S(=O)(=O)C(F)F)cc1)C1=Cc2ccccc2CC1. The minimum absolute atomic E-state index is 0.0953. The molecule has 0 bridgehead atoms. The molecular weight excluding hydrogens is 384 g/mol. The second-order valence-corrected chi connectivity index (χ2v) is 9.40. The number of hydrogen-bond donors (Lipinski definition) is 1. The number of allylic oxidation sites excluding steroid dienone is 1. The summed E-state index contributed by atoms with van der Waals surface area (Å²) < 4.78 is 75.3. The highest BCUT2D eigenvalue weighted by Crippen LogP contribution is 2.28. The molecule has 138 valence electrons. The summed E-state index contributed by atoms with van der Waals surface area (Å²) in [7, 11) is -8.54. The lowest BCUT2D eigenvalue weighted by molar-refractivity contribution is 0.234. The fraction of sp³-hybridized carbons (Fsp3) is 0.176. The quantitative estimate of drug-likeness (QED) is 0.836. The van der Waals surface area contributed by atoms with Gasteiger partial charge in [0.2, 0.25) is 9.84 Å². The fourth-order valence-corrected chi connectivity index (χ4v) is 4.61. The van der Waals surface area contributed by atoms with E-state index < -0.39 is 30.5 Å². The maximum absolute atomic E-state index is 12.5. The number of hydrogen-bond acceptors (Lipinski definition) is 4. The van der Waals surface area contributed by atoms with Crippen LogP contribution in [0.15, 0.2) is 58.3 Å². The van der Waals surface area contributed by atoms with Crippen molar-refractivity contribution in [2.24, 2.45) is 0 Å². The maximum Gasteiger partial charge on any atom is 0.341 e. The number of anilines is 1.